The normalized spacial score (nSPS) is 11.7. The third kappa shape index (κ3) is 4.17. The van der Waals surface area contributed by atoms with Crippen molar-refractivity contribution >= 4 is 5.78 Å². The fraction of sp³-hybridized carbons (Fsp3) is 0.588. The number of rotatable bonds is 6. The van der Waals surface area contributed by atoms with Crippen LogP contribution in [-0.4, -0.2) is 18.9 Å². The zero-order valence-electron chi connectivity index (χ0n) is 13.2. The second-order valence-corrected chi connectivity index (χ2v) is 6.19. The number of hydrogen-bond acceptors (Lipinski definition) is 2. The topological polar surface area (TPSA) is 29.1 Å². The van der Waals surface area contributed by atoms with Crippen molar-refractivity contribution in [3.63, 3.8) is 0 Å². The number of carbonyl (C=O) groups excluding carboxylic acids is 1. The number of Topliss-reactive ketones (excluding diaryl/α,β-unsaturated/α-hetero) is 1. The molecule has 0 heterocycles. The minimum atomic E-state index is 0.0827. The van der Waals surface area contributed by atoms with Gasteiger partial charge in [-0.1, -0.05) is 26.0 Å². The van der Waals surface area contributed by atoms with E-state index in [1.165, 1.54) is 22.3 Å². The Morgan fingerprint density at radius 1 is 1.16 bits per heavy atom. The Kier molecular flexibility index (Phi) is 5.30. The van der Waals surface area contributed by atoms with Crippen molar-refractivity contribution in [2.24, 2.45) is 0 Å². The summed E-state index contributed by atoms with van der Waals surface area (Å²) in [6, 6.07) is 4.44. The molecule has 0 saturated carbocycles. The summed E-state index contributed by atoms with van der Waals surface area (Å²) in [6.07, 6.45) is 0.613. The molecule has 0 saturated heterocycles. The molecular weight excluding hydrogens is 234 g/mol. The Balaban J connectivity index is 2.77. The standard InChI is InChI=1S/C17H27NO/c1-12-7-8-16(15(4)14(12)3)17(5,6)11-18-10-9-13(2)19/h7-8,18H,9-11H2,1-6H3. The van der Waals surface area contributed by atoms with Crippen molar-refractivity contribution in [1.29, 1.82) is 0 Å². The summed E-state index contributed by atoms with van der Waals surface area (Å²) in [4.78, 5) is 10.9. The average molecular weight is 261 g/mol. The number of nitrogens with one attached hydrogen (secondary N) is 1. The van der Waals surface area contributed by atoms with Crippen LogP contribution in [0.1, 0.15) is 49.4 Å². The van der Waals surface area contributed by atoms with Crippen LogP contribution in [0.3, 0.4) is 0 Å². The van der Waals surface area contributed by atoms with Crippen LogP contribution < -0.4 is 5.32 Å². The maximum absolute atomic E-state index is 10.9. The Hall–Kier alpha value is -1.15. The molecule has 2 heteroatoms. The van der Waals surface area contributed by atoms with E-state index in [4.69, 9.17) is 0 Å². The molecule has 0 aliphatic rings. The van der Waals surface area contributed by atoms with E-state index in [2.05, 4.69) is 52.1 Å². The average Bonchev–Trinajstić information content (AvgIpc) is 2.31. The lowest BCUT2D eigenvalue weighted by Gasteiger charge is -2.29. The minimum absolute atomic E-state index is 0.0827. The second-order valence-electron chi connectivity index (χ2n) is 6.19. The Morgan fingerprint density at radius 3 is 2.37 bits per heavy atom. The number of ketones is 1. The van der Waals surface area contributed by atoms with E-state index in [0.717, 1.165) is 13.1 Å². The van der Waals surface area contributed by atoms with Crippen molar-refractivity contribution in [2.75, 3.05) is 13.1 Å². The number of benzene rings is 1. The first kappa shape index (κ1) is 15.9. The summed E-state index contributed by atoms with van der Waals surface area (Å²) in [6.45, 7) is 14.4. The van der Waals surface area contributed by atoms with Crippen molar-refractivity contribution in [1.82, 2.24) is 5.32 Å². The molecule has 0 aliphatic heterocycles. The summed E-state index contributed by atoms with van der Waals surface area (Å²) in [7, 11) is 0. The quantitative estimate of drug-likeness (QED) is 0.795. The Morgan fingerprint density at radius 2 is 1.79 bits per heavy atom. The Labute approximate surface area is 117 Å². The minimum Gasteiger partial charge on any atom is -0.315 e. The van der Waals surface area contributed by atoms with Gasteiger partial charge in [-0.15, -0.1) is 0 Å². The van der Waals surface area contributed by atoms with Gasteiger partial charge in [0, 0.05) is 24.9 Å². The zero-order chi connectivity index (χ0) is 14.6. The van der Waals surface area contributed by atoms with Gasteiger partial charge in [-0.3, -0.25) is 4.79 Å². The van der Waals surface area contributed by atoms with E-state index in [1.807, 2.05) is 0 Å². The Bertz CT molecular complexity index is 461. The van der Waals surface area contributed by atoms with E-state index in [0.29, 0.717) is 6.42 Å². The lowest BCUT2D eigenvalue weighted by Crippen LogP contribution is -2.34. The molecular formula is C17H27NO. The highest BCUT2D eigenvalue weighted by Crippen LogP contribution is 2.28. The van der Waals surface area contributed by atoms with E-state index in [9.17, 15) is 4.79 Å². The van der Waals surface area contributed by atoms with Crippen LogP contribution in [0.4, 0.5) is 0 Å². The summed E-state index contributed by atoms with van der Waals surface area (Å²) in [5.74, 6) is 0.243. The molecule has 1 aromatic rings. The van der Waals surface area contributed by atoms with Gasteiger partial charge in [-0.05, 0) is 49.9 Å². The molecule has 0 fully saturated rings. The molecule has 1 N–H and O–H groups in total. The van der Waals surface area contributed by atoms with Crippen molar-refractivity contribution in [3.05, 3.63) is 34.4 Å². The monoisotopic (exact) mass is 261 g/mol. The van der Waals surface area contributed by atoms with Gasteiger partial charge < -0.3 is 5.32 Å². The van der Waals surface area contributed by atoms with Gasteiger partial charge in [0.1, 0.15) is 5.78 Å². The van der Waals surface area contributed by atoms with Gasteiger partial charge >= 0.3 is 0 Å². The van der Waals surface area contributed by atoms with Gasteiger partial charge in [0.25, 0.3) is 0 Å². The molecule has 0 atom stereocenters. The lowest BCUT2D eigenvalue weighted by molar-refractivity contribution is -0.116. The fourth-order valence-corrected chi connectivity index (χ4v) is 2.45. The molecule has 1 rings (SSSR count). The van der Waals surface area contributed by atoms with E-state index in [-0.39, 0.29) is 11.2 Å². The molecule has 1 aromatic carbocycles. The highest BCUT2D eigenvalue weighted by Gasteiger charge is 2.23. The molecule has 2 nitrogen and oxygen atoms in total. The van der Waals surface area contributed by atoms with Crippen LogP contribution in [0, 0.1) is 20.8 Å². The van der Waals surface area contributed by atoms with Gasteiger partial charge in [-0.25, -0.2) is 0 Å². The number of aryl methyl sites for hydroxylation is 1. The first-order valence-corrected chi connectivity index (χ1v) is 7.03. The second kappa shape index (κ2) is 6.33. The molecule has 0 radical (unpaired) electrons. The van der Waals surface area contributed by atoms with Crippen LogP contribution in [0.5, 0.6) is 0 Å². The van der Waals surface area contributed by atoms with E-state index in [1.54, 1.807) is 6.92 Å². The molecule has 0 amide bonds. The summed E-state index contributed by atoms with van der Waals surface area (Å²) in [5, 5.41) is 3.40. The molecule has 0 bridgehead atoms. The maximum Gasteiger partial charge on any atom is 0.131 e. The van der Waals surface area contributed by atoms with Crippen LogP contribution >= 0.6 is 0 Å². The van der Waals surface area contributed by atoms with Crippen molar-refractivity contribution < 1.29 is 4.79 Å². The van der Waals surface area contributed by atoms with E-state index < -0.39 is 0 Å². The predicted molar refractivity (Wildman–Crippen MR) is 81.8 cm³/mol. The molecule has 0 aliphatic carbocycles. The largest absolute Gasteiger partial charge is 0.315 e. The SMILES string of the molecule is CC(=O)CCNCC(C)(C)c1ccc(C)c(C)c1C. The first-order chi connectivity index (χ1) is 8.75. The van der Waals surface area contributed by atoms with Gasteiger partial charge in [0.15, 0.2) is 0 Å². The molecule has 0 aromatic heterocycles. The maximum atomic E-state index is 10.9. The third-order valence-electron chi connectivity index (χ3n) is 4.01. The highest BCUT2D eigenvalue weighted by molar-refractivity contribution is 5.75. The van der Waals surface area contributed by atoms with Crippen LogP contribution in [0.15, 0.2) is 12.1 Å². The molecule has 0 spiro atoms. The summed E-state index contributed by atoms with van der Waals surface area (Å²) < 4.78 is 0. The molecule has 0 unspecified atom stereocenters. The first-order valence-electron chi connectivity index (χ1n) is 7.03. The van der Waals surface area contributed by atoms with Gasteiger partial charge in [-0.2, -0.15) is 0 Å². The van der Waals surface area contributed by atoms with E-state index >= 15 is 0 Å². The van der Waals surface area contributed by atoms with Crippen LogP contribution in [0.2, 0.25) is 0 Å². The van der Waals surface area contributed by atoms with Gasteiger partial charge in [0.2, 0.25) is 0 Å². The summed E-state index contributed by atoms with van der Waals surface area (Å²) >= 11 is 0. The molecule has 106 valence electrons. The molecule has 19 heavy (non-hydrogen) atoms. The summed E-state index contributed by atoms with van der Waals surface area (Å²) in [5.41, 5.74) is 5.60. The number of hydrogen-bond donors (Lipinski definition) is 1. The highest BCUT2D eigenvalue weighted by atomic mass is 16.1. The van der Waals surface area contributed by atoms with Crippen LogP contribution in [-0.2, 0) is 10.2 Å². The third-order valence-corrected chi connectivity index (χ3v) is 4.01. The van der Waals surface area contributed by atoms with Gasteiger partial charge in [0.05, 0.1) is 0 Å². The van der Waals surface area contributed by atoms with Crippen molar-refractivity contribution in [3.8, 4) is 0 Å². The fourth-order valence-electron chi connectivity index (χ4n) is 2.45. The number of carbonyl (C=O) groups is 1. The lowest BCUT2D eigenvalue weighted by atomic mass is 9.80. The van der Waals surface area contributed by atoms with Crippen LogP contribution in [0.25, 0.3) is 0 Å². The zero-order valence-corrected chi connectivity index (χ0v) is 13.2. The smallest absolute Gasteiger partial charge is 0.131 e. The predicted octanol–water partition coefficient (Wildman–Crippen LogP) is 3.46. The van der Waals surface area contributed by atoms with Crippen molar-refractivity contribution in [2.45, 2.75) is 53.4 Å².